The summed E-state index contributed by atoms with van der Waals surface area (Å²) >= 11 is 0. The number of likely N-dealkylation sites (tertiary alicyclic amines) is 1. The molecule has 1 saturated heterocycles. The number of amides is 1. The minimum atomic E-state index is -0.00698. The number of para-hydroxylation sites is 1. The number of aryl methyl sites for hydroxylation is 1. The summed E-state index contributed by atoms with van der Waals surface area (Å²) in [4.78, 5) is 17.6. The number of methoxy groups -OCH3 is 1. The molecule has 4 nitrogen and oxygen atoms in total. The van der Waals surface area contributed by atoms with Gasteiger partial charge in [-0.3, -0.25) is 9.69 Å². The van der Waals surface area contributed by atoms with Crippen molar-refractivity contribution in [3.63, 3.8) is 0 Å². The second-order valence-electron chi connectivity index (χ2n) is 8.20. The van der Waals surface area contributed by atoms with Crippen LogP contribution in [0.25, 0.3) is 0 Å². The van der Waals surface area contributed by atoms with E-state index in [1.165, 1.54) is 11.1 Å². The number of piperidine rings is 1. The fourth-order valence-corrected chi connectivity index (χ4v) is 4.10. The summed E-state index contributed by atoms with van der Waals surface area (Å²) in [6.07, 6.45) is 2.99. The van der Waals surface area contributed by atoms with Crippen LogP contribution in [0.5, 0.6) is 5.75 Å². The summed E-state index contributed by atoms with van der Waals surface area (Å²) in [6, 6.07) is 17.0. The lowest BCUT2D eigenvalue weighted by Crippen LogP contribution is -2.48. The van der Waals surface area contributed by atoms with Crippen molar-refractivity contribution < 1.29 is 9.53 Å². The summed E-state index contributed by atoms with van der Waals surface area (Å²) < 4.78 is 5.50. The molecule has 29 heavy (non-hydrogen) atoms. The van der Waals surface area contributed by atoms with E-state index in [9.17, 15) is 4.79 Å². The number of carbonyl (C=O) groups excluding carboxylic acids is 1. The van der Waals surface area contributed by atoms with Crippen LogP contribution < -0.4 is 9.64 Å². The standard InChI is InChI=1S/C25H34N2O2/c1-5-20-10-12-22(13-11-20)27(25(28)19(2)3)23-14-16-26(17-15-23)18-21-8-6-7-9-24(21)29-4/h6-13,19,23H,5,14-18H2,1-4H3. The molecule has 156 valence electrons. The van der Waals surface area contributed by atoms with Gasteiger partial charge < -0.3 is 9.64 Å². The number of nitrogens with zero attached hydrogens (tertiary/aromatic N) is 2. The van der Waals surface area contributed by atoms with Gasteiger partial charge in [0.1, 0.15) is 5.75 Å². The van der Waals surface area contributed by atoms with Gasteiger partial charge in [0.25, 0.3) is 0 Å². The highest BCUT2D eigenvalue weighted by Gasteiger charge is 2.30. The van der Waals surface area contributed by atoms with E-state index in [1.54, 1.807) is 7.11 Å². The maximum Gasteiger partial charge on any atom is 0.229 e. The fourth-order valence-electron chi connectivity index (χ4n) is 4.10. The summed E-state index contributed by atoms with van der Waals surface area (Å²) in [7, 11) is 1.73. The van der Waals surface area contributed by atoms with Crippen LogP contribution in [-0.4, -0.2) is 37.0 Å². The van der Waals surface area contributed by atoms with Crippen LogP contribution in [0.15, 0.2) is 48.5 Å². The average molecular weight is 395 g/mol. The van der Waals surface area contributed by atoms with Crippen LogP contribution in [-0.2, 0) is 17.8 Å². The smallest absolute Gasteiger partial charge is 0.229 e. The molecule has 2 aromatic rings. The number of anilines is 1. The van der Waals surface area contributed by atoms with Gasteiger partial charge in [-0.05, 0) is 43.0 Å². The maximum absolute atomic E-state index is 13.0. The summed E-state index contributed by atoms with van der Waals surface area (Å²) in [5.41, 5.74) is 3.56. The van der Waals surface area contributed by atoms with Gasteiger partial charge in [0.05, 0.1) is 7.11 Å². The fraction of sp³-hybridized carbons (Fsp3) is 0.480. The molecule has 3 rings (SSSR count). The molecule has 2 aromatic carbocycles. The highest BCUT2D eigenvalue weighted by Crippen LogP contribution is 2.28. The lowest BCUT2D eigenvalue weighted by molar-refractivity contribution is -0.122. The van der Waals surface area contributed by atoms with Crippen molar-refractivity contribution in [3.05, 3.63) is 59.7 Å². The molecule has 0 aromatic heterocycles. The Hall–Kier alpha value is -2.33. The molecular weight excluding hydrogens is 360 g/mol. The van der Waals surface area contributed by atoms with E-state index in [-0.39, 0.29) is 17.9 Å². The lowest BCUT2D eigenvalue weighted by Gasteiger charge is -2.39. The topological polar surface area (TPSA) is 32.8 Å². The third-order valence-electron chi connectivity index (χ3n) is 5.86. The first-order valence-corrected chi connectivity index (χ1v) is 10.8. The monoisotopic (exact) mass is 394 g/mol. The quantitative estimate of drug-likeness (QED) is 0.669. The zero-order valence-electron chi connectivity index (χ0n) is 18.2. The Morgan fingerprint density at radius 3 is 2.34 bits per heavy atom. The zero-order chi connectivity index (χ0) is 20.8. The average Bonchev–Trinajstić information content (AvgIpc) is 2.76. The van der Waals surface area contributed by atoms with Gasteiger partial charge in [-0.1, -0.05) is 51.1 Å². The van der Waals surface area contributed by atoms with Crippen LogP contribution in [0.1, 0.15) is 44.7 Å². The van der Waals surface area contributed by atoms with Crippen LogP contribution >= 0.6 is 0 Å². The van der Waals surface area contributed by atoms with E-state index in [2.05, 4.69) is 53.1 Å². The van der Waals surface area contributed by atoms with E-state index in [1.807, 2.05) is 26.0 Å². The molecule has 0 saturated carbocycles. The minimum absolute atomic E-state index is 0.00698. The summed E-state index contributed by atoms with van der Waals surface area (Å²) in [6.45, 7) is 9.00. The summed E-state index contributed by atoms with van der Waals surface area (Å²) in [5, 5.41) is 0. The Labute approximate surface area is 175 Å². The maximum atomic E-state index is 13.0. The molecular formula is C25H34N2O2. The van der Waals surface area contributed by atoms with E-state index in [0.717, 1.165) is 50.3 Å². The Morgan fingerprint density at radius 1 is 1.10 bits per heavy atom. The highest BCUT2D eigenvalue weighted by molar-refractivity contribution is 5.95. The predicted octanol–water partition coefficient (Wildman–Crippen LogP) is 4.91. The molecule has 0 radical (unpaired) electrons. The van der Waals surface area contributed by atoms with Gasteiger partial charge in [0.2, 0.25) is 5.91 Å². The van der Waals surface area contributed by atoms with Crippen molar-refractivity contribution in [1.29, 1.82) is 0 Å². The van der Waals surface area contributed by atoms with Crippen LogP contribution in [0.4, 0.5) is 5.69 Å². The molecule has 0 N–H and O–H groups in total. The number of hydrogen-bond acceptors (Lipinski definition) is 3. The number of benzene rings is 2. The molecule has 4 heteroatoms. The van der Waals surface area contributed by atoms with Crippen LogP contribution in [0.3, 0.4) is 0 Å². The van der Waals surface area contributed by atoms with E-state index < -0.39 is 0 Å². The number of ether oxygens (including phenoxy) is 1. The number of carbonyl (C=O) groups is 1. The third kappa shape index (κ3) is 5.18. The second-order valence-corrected chi connectivity index (χ2v) is 8.20. The molecule has 0 atom stereocenters. The lowest BCUT2D eigenvalue weighted by atomic mass is 9.99. The normalized spacial score (nSPS) is 15.5. The van der Waals surface area contributed by atoms with Crippen molar-refractivity contribution >= 4 is 11.6 Å². The van der Waals surface area contributed by atoms with E-state index in [0.29, 0.717) is 0 Å². The molecule has 1 aliphatic heterocycles. The van der Waals surface area contributed by atoms with Crippen LogP contribution in [0.2, 0.25) is 0 Å². The zero-order valence-corrected chi connectivity index (χ0v) is 18.2. The van der Waals surface area contributed by atoms with E-state index >= 15 is 0 Å². The van der Waals surface area contributed by atoms with Gasteiger partial charge in [-0.25, -0.2) is 0 Å². The Bertz CT molecular complexity index is 793. The first-order valence-electron chi connectivity index (χ1n) is 10.8. The van der Waals surface area contributed by atoms with Gasteiger partial charge in [-0.2, -0.15) is 0 Å². The molecule has 0 spiro atoms. The third-order valence-corrected chi connectivity index (χ3v) is 5.86. The predicted molar refractivity (Wildman–Crippen MR) is 119 cm³/mol. The van der Waals surface area contributed by atoms with Gasteiger partial charge in [-0.15, -0.1) is 0 Å². The second kappa shape index (κ2) is 9.93. The Morgan fingerprint density at radius 2 is 1.76 bits per heavy atom. The summed E-state index contributed by atoms with van der Waals surface area (Å²) in [5.74, 6) is 1.16. The first kappa shape index (κ1) is 21.4. The van der Waals surface area contributed by atoms with E-state index in [4.69, 9.17) is 4.74 Å². The molecule has 1 heterocycles. The van der Waals surface area contributed by atoms with Crippen molar-refractivity contribution in [2.75, 3.05) is 25.1 Å². The van der Waals surface area contributed by atoms with Crippen molar-refractivity contribution in [2.24, 2.45) is 5.92 Å². The van der Waals surface area contributed by atoms with Crippen molar-refractivity contribution in [1.82, 2.24) is 4.90 Å². The molecule has 0 unspecified atom stereocenters. The number of rotatable bonds is 7. The minimum Gasteiger partial charge on any atom is -0.496 e. The van der Waals surface area contributed by atoms with Crippen molar-refractivity contribution in [2.45, 2.75) is 52.6 Å². The van der Waals surface area contributed by atoms with Crippen LogP contribution in [0, 0.1) is 5.92 Å². The van der Waals surface area contributed by atoms with Gasteiger partial charge in [0.15, 0.2) is 0 Å². The molecule has 1 fully saturated rings. The molecule has 0 bridgehead atoms. The first-order chi connectivity index (χ1) is 14.0. The largest absolute Gasteiger partial charge is 0.496 e. The van der Waals surface area contributed by atoms with Gasteiger partial charge >= 0.3 is 0 Å². The number of hydrogen-bond donors (Lipinski definition) is 0. The van der Waals surface area contributed by atoms with Gasteiger partial charge in [0, 0.05) is 42.8 Å². The highest BCUT2D eigenvalue weighted by atomic mass is 16.5. The molecule has 1 amide bonds. The Kier molecular flexibility index (Phi) is 7.32. The molecule has 1 aliphatic rings. The molecule has 0 aliphatic carbocycles. The Balaban J connectivity index is 1.70. The van der Waals surface area contributed by atoms with Crippen molar-refractivity contribution in [3.8, 4) is 5.75 Å². The SMILES string of the molecule is CCc1ccc(N(C(=O)C(C)C)C2CCN(Cc3ccccc3OC)CC2)cc1.